The van der Waals surface area contributed by atoms with Crippen LogP contribution < -0.4 is 5.32 Å². The fourth-order valence-corrected chi connectivity index (χ4v) is 3.74. The molecule has 0 fully saturated rings. The first-order valence-electron chi connectivity index (χ1n) is 7.91. The van der Waals surface area contributed by atoms with Crippen LogP contribution in [-0.4, -0.2) is 16.7 Å². The van der Waals surface area contributed by atoms with E-state index in [1.54, 1.807) is 19.1 Å². The van der Waals surface area contributed by atoms with E-state index in [0.29, 0.717) is 0 Å². The number of carbonyl (C=O) groups excluding carboxylic acids is 1. The first kappa shape index (κ1) is 15.5. The van der Waals surface area contributed by atoms with Gasteiger partial charge in [-0.1, -0.05) is 18.2 Å². The molecular weight excluding hydrogens is 292 g/mol. The number of hydrogen-bond acceptors (Lipinski definition) is 4. The highest BCUT2D eigenvalue weighted by Crippen LogP contribution is 2.42. The Kier molecular flexibility index (Phi) is 4.03. The Labute approximate surface area is 135 Å². The Bertz CT molecular complexity index is 734. The highest BCUT2D eigenvalue weighted by molar-refractivity contribution is 5.96. The second-order valence-electron chi connectivity index (χ2n) is 6.21. The number of nitro groups is 1. The van der Waals surface area contributed by atoms with Crippen molar-refractivity contribution < 1.29 is 9.72 Å². The predicted molar refractivity (Wildman–Crippen MR) is 88.1 cm³/mol. The molecule has 0 spiro atoms. The van der Waals surface area contributed by atoms with Crippen molar-refractivity contribution in [2.24, 2.45) is 0 Å². The minimum Gasteiger partial charge on any atom is -0.382 e. The molecule has 1 aliphatic carbocycles. The molecule has 1 aliphatic heterocycles. The van der Waals surface area contributed by atoms with Crippen LogP contribution >= 0.6 is 0 Å². The molecule has 23 heavy (non-hydrogen) atoms. The predicted octanol–water partition coefficient (Wildman–Crippen LogP) is 3.62. The van der Waals surface area contributed by atoms with E-state index in [0.717, 1.165) is 36.1 Å². The number of hydrogen-bond donors (Lipinski definition) is 1. The van der Waals surface area contributed by atoms with Crippen molar-refractivity contribution >= 4 is 11.5 Å². The lowest BCUT2D eigenvalue weighted by atomic mass is 9.73. The molecule has 0 bridgehead atoms. The standard InChI is InChI=1S/C18H20N2O3/c1-11-17(12(2)21)18(15-8-3-4-9-16(15)19-11)13-6-5-7-14(10-13)20(22)23/h5-8,10,16,18-19H,3-4,9H2,1-2H3. The number of non-ortho nitro benzene ring substituents is 1. The van der Waals surface area contributed by atoms with Gasteiger partial charge in [0.2, 0.25) is 0 Å². The second kappa shape index (κ2) is 5.99. The number of benzene rings is 1. The summed E-state index contributed by atoms with van der Waals surface area (Å²) in [5, 5.41) is 14.5. The molecule has 0 saturated heterocycles. The summed E-state index contributed by atoms with van der Waals surface area (Å²) in [4.78, 5) is 22.9. The number of Topliss-reactive ketones (excluding diaryl/α,β-unsaturated/α-hetero) is 1. The number of fused-ring (bicyclic) bond motifs is 1. The van der Waals surface area contributed by atoms with Gasteiger partial charge in [0.1, 0.15) is 0 Å². The van der Waals surface area contributed by atoms with Crippen molar-refractivity contribution in [3.8, 4) is 0 Å². The van der Waals surface area contributed by atoms with E-state index in [4.69, 9.17) is 0 Å². The molecule has 3 rings (SSSR count). The molecule has 1 aromatic rings. The normalized spacial score (nSPS) is 23.7. The van der Waals surface area contributed by atoms with Crippen LogP contribution in [0.25, 0.3) is 0 Å². The number of allylic oxidation sites excluding steroid dienone is 3. The van der Waals surface area contributed by atoms with Crippen molar-refractivity contribution in [3.05, 3.63) is 62.9 Å². The molecule has 0 saturated carbocycles. The molecular formula is C18H20N2O3. The average molecular weight is 312 g/mol. The van der Waals surface area contributed by atoms with Gasteiger partial charge in [0.05, 0.1) is 4.92 Å². The van der Waals surface area contributed by atoms with Gasteiger partial charge >= 0.3 is 0 Å². The molecule has 2 aliphatic rings. The van der Waals surface area contributed by atoms with E-state index >= 15 is 0 Å². The van der Waals surface area contributed by atoms with Gasteiger partial charge in [-0.3, -0.25) is 14.9 Å². The van der Waals surface area contributed by atoms with E-state index in [-0.39, 0.29) is 28.4 Å². The SMILES string of the molecule is CC(=O)C1=C(C)NC2CCCC=C2C1c1cccc([N+](=O)[O-])c1. The first-order chi connectivity index (χ1) is 11.0. The second-order valence-corrected chi connectivity index (χ2v) is 6.21. The van der Waals surface area contributed by atoms with Gasteiger partial charge in [-0.2, -0.15) is 0 Å². The summed E-state index contributed by atoms with van der Waals surface area (Å²) in [5.41, 5.74) is 3.67. The van der Waals surface area contributed by atoms with Gasteiger partial charge in [0.25, 0.3) is 5.69 Å². The maximum atomic E-state index is 12.2. The van der Waals surface area contributed by atoms with Crippen LogP contribution in [0.2, 0.25) is 0 Å². The zero-order valence-corrected chi connectivity index (χ0v) is 13.3. The highest BCUT2D eigenvalue weighted by Gasteiger charge is 2.36. The van der Waals surface area contributed by atoms with Gasteiger partial charge in [0, 0.05) is 35.4 Å². The van der Waals surface area contributed by atoms with Crippen molar-refractivity contribution in [3.63, 3.8) is 0 Å². The Morgan fingerprint density at radius 3 is 2.87 bits per heavy atom. The summed E-state index contributed by atoms with van der Waals surface area (Å²) in [6, 6.07) is 6.88. The third-order valence-electron chi connectivity index (χ3n) is 4.69. The van der Waals surface area contributed by atoms with Gasteiger partial charge in [0.15, 0.2) is 5.78 Å². The minimum atomic E-state index is -0.388. The molecule has 0 amide bonds. The molecule has 0 aromatic heterocycles. The van der Waals surface area contributed by atoms with Gasteiger partial charge in [-0.25, -0.2) is 0 Å². The van der Waals surface area contributed by atoms with Crippen LogP contribution in [0.4, 0.5) is 5.69 Å². The lowest BCUT2D eigenvalue weighted by molar-refractivity contribution is -0.384. The van der Waals surface area contributed by atoms with E-state index in [1.165, 1.54) is 11.6 Å². The third-order valence-corrected chi connectivity index (χ3v) is 4.69. The van der Waals surface area contributed by atoms with E-state index in [9.17, 15) is 14.9 Å². The number of ketones is 1. The molecule has 2 unspecified atom stereocenters. The van der Waals surface area contributed by atoms with E-state index in [2.05, 4.69) is 11.4 Å². The smallest absolute Gasteiger partial charge is 0.269 e. The Morgan fingerprint density at radius 2 is 2.17 bits per heavy atom. The van der Waals surface area contributed by atoms with Crippen LogP contribution in [0, 0.1) is 10.1 Å². The number of nitro benzene ring substituents is 1. The summed E-state index contributed by atoms with van der Waals surface area (Å²) in [6.45, 7) is 3.49. The van der Waals surface area contributed by atoms with Crippen molar-refractivity contribution in [2.75, 3.05) is 0 Å². The number of rotatable bonds is 3. The molecule has 0 radical (unpaired) electrons. The topological polar surface area (TPSA) is 72.2 Å². The summed E-state index contributed by atoms with van der Waals surface area (Å²) in [7, 11) is 0. The molecule has 1 heterocycles. The van der Waals surface area contributed by atoms with Crippen LogP contribution in [-0.2, 0) is 4.79 Å². The van der Waals surface area contributed by atoms with Crippen molar-refractivity contribution in [1.29, 1.82) is 0 Å². The fourth-order valence-electron chi connectivity index (χ4n) is 3.74. The quantitative estimate of drug-likeness (QED) is 0.525. The number of nitrogens with one attached hydrogen (secondary N) is 1. The average Bonchev–Trinajstić information content (AvgIpc) is 2.53. The fraction of sp³-hybridized carbons (Fsp3) is 0.389. The molecule has 5 heteroatoms. The zero-order valence-electron chi connectivity index (χ0n) is 13.3. The van der Waals surface area contributed by atoms with Crippen LogP contribution in [0.1, 0.15) is 44.6 Å². The summed E-state index contributed by atoms with van der Waals surface area (Å²) in [5.74, 6) is -0.171. The van der Waals surface area contributed by atoms with Crippen LogP contribution in [0.3, 0.4) is 0 Å². The van der Waals surface area contributed by atoms with E-state index in [1.807, 2.05) is 13.0 Å². The number of nitrogens with zero attached hydrogens (tertiary/aromatic N) is 1. The largest absolute Gasteiger partial charge is 0.382 e. The Morgan fingerprint density at radius 1 is 1.39 bits per heavy atom. The lowest BCUT2D eigenvalue weighted by Crippen LogP contribution is -2.40. The summed E-state index contributed by atoms with van der Waals surface area (Å²) in [6.07, 6.45) is 5.33. The van der Waals surface area contributed by atoms with Gasteiger partial charge < -0.3 is 5.32 Å². The van der Waals surface area contributed by atoms with Crippen LogP contribution in [0.15, 0.2) is 47.2 Å². The molecule has 5 nitrogen and oxygen atoms in total. The van der Waals surface area contributed by atoms with E-state index < -0.39 is 0 Å². The van der Waals surface area contributed by atoms with Crippen LogP contribution in [0.5, 0.6) is 0 Å². The monoisotopic (exact) mass is 312 g/mol. The van der Waals surface area contributed by atoms with Crippen molar-refractivity contribution in [2.45, 2.75) is 45.1 Å². The zero-order chi connectivity index (χ0) is 16.6. The van der Waals surface area contributed by atoms with Crippen molar-refractivity contribution in [1.82, 2.24) is 5.32 Å². The third kappa shape index (κ3) is 2.79. The maximum Gasteiger partial charge on any atom is 0.269 e. The minimum absolute atomic E-state index is 0.0106. The molecule has 2 atom stereocenters. The Balaban J connectivity index is 2.16. The van der Waals surface area contributed by atoms with Gasteiger partial charge in [-0.05, 0) is 44.2 Å². The molecule has 1 aromatic carbocycles. The molecule has 120 valence electrons. The maximum absolute atomic E-state index is 12.2. The lowest BCUT2D eigenvalue weighted by Gasteiger charge is -2.38. The Hall–Kier alpha value is -2.43. The highest BCUT2D eigenvalue weighted by atomic mass is 16.6. The summed E-state index contributed by atoms with van der Waals surface area (Å²) >= 11 is 0. The number of carbonyl (C=O) groups is 1. The first-order valence-corrected chi connectivity index (χ1v) is 7.91. The summed E-state index contributed by atoms with van der Waals surface area (Å²) < 4.78 is 0. The molecule has 1 N–H and O–H groups in total. The van der Waals surface area contributed by atoms with Gasteiger partial charge in [-0.15, -0.1) is 0 Å².